The Morgan fingerprint density at radius 3 is 2.45 bits per heavy atom. The molecule has 0 saturated heterocycles. The van der Waals surface area contributed by atoms with Gasteiger partial charge in [0.15, 0.2) is 11.6 Å². The van der Waals surface area contributed by atoms with E-state index in [0.29, 0.717) is 10.9 Å². The Morgan fingerprint density at radius 1 is 1.07 bits per heavy atom. The van der Waals surface area contributed by atoms with Crippen LogP contribution in [0.1, 0.15) is 40.4 Å². The van der Waals surface area contributed by atoms with Crippen molar-refractivity contribution < 1.29 is 23.0 Å². The van der Waals surface area contributed by atoms with Crippen LogP contribution in [0.25, 0.3) is 0 Å². The molecule has 0 radical (unpaired) electrons. The van der Waals surface area contributed by atoms with Crippen molar-refractivity contribution in [2.24, 2.45) is 0 Å². The number of aromatic nitrogens is 1. The topological polar surface area (TPSA) is 48.4 Å². The highest BCUT2D eigenvalue weighted by atomic mass is 35.5. The largest absolute Gasteiger partial charge is 0.452 e. The van der Waals surface area contributed by atoms with Crippen LogP contribution in [-0.2, 0) is 0 Å². The van der Waals surface area contributed by atoms with E-state index in [2.05, 4.69) is 4.98 Å². The number of hydrogen-bond acceptors (Lipinski definition) is 4. The van der Waals surface area contributed by atoms with E-state index < -0.39 is 23.2 Å². The van der Waals surface area contributed by atoms with Gasteiger partial charge in [0.1, 0.15) is 17.3 Å². The highest BCUT2D eigenvalue weighted by Gasteiger charge is 2.27. The lowest BCUT2D eigenvalue weighted by Crippen LogP contribution is -2.11. The number of halogens is 3. The summed E-state index contributed by atoms with van der Waals surface area (Å²) in [7, 11) is 0. The molecule has 0 amide bonds. The van der Waals surface area contributed by atoms with Gasteiger partial charge in [0, 0.05) is 18.1 Å². The Labute approximate surface area is 171 Å². The fraction of sp³-hybridized carbons (Fsp3) is 0.182. The van der Waals surface area contributed by atoms with Crippen molar-refractivity contribution in [3.63, 3.8) is 0 Å². The van der Waals surface area contributed by atoms with Crippen LogP contribution in [-0.4, -0.2) is 11.0 Å². The summed E-state index contributed by atoms with van der Waals surface area (Å²) >= 11 is 6.18. The second-order valence-electron chi connectivity index (χ2n) is 6.88. The molecule has 4 nitrogen and oxygen atoms in total. The average molecular weight is 416 g/mol. The van der Waals surface area contributed by atoms with Gasteiger partial charge in [-0.2, -0.15) is 0 Å². The van der Waals surface area contributed by atoms with Gasteiger partial charge in [-0.3, -0.25) is 4.98 Å². The molecule has 1 fully saturated rings. The lowest BCUT2D eigenvalue weighted by atomic mass is 10.2. The Kier molecular flexibility index (Phi) is 5.20. The van der Waals surface area contributed by atoms with Crippen molar-refractivity contribution >= 4 is 17.6 Å². The molecule has 4 rings (SSSR count). The molecule has 1 saturated carbocycles. The average Bonchev–Trinajstić information content (AvgIpc) is 3.51. The van der Waals surface area contributed by atoms with Gasteiger partial charge in [-0.25, -0.2) is 13.6 Å². The summed E-state index contributed by atoms with van der Waals surface area (Å²) < 4.78 is 39.3. The summed E-state index contributed by atoms with van der Waals surface area (Å²) in [5, 5.41) is 0.421. The molecular weight excluding hydrogens is 400 g/mol. The first-order chi connectivity index (χ1) is 13.9. The number of hydrogen-bond donors (Lipinski definition) is 0. The van der Waals surface area contributed by atoms with E-state index in [4.69, 9.17) is 21.1 Å². The van der Waals surface area contributed by atoms with Crippen LogP contribution in [0.2, 0.25) is 5.02 Å². The Bertz CT molecular complexity index is 1080. The standard InChI is InChI=1S/C22H16ClF2NO3/c1-12-2-6-14(7-3-12)29-22(27)16-9-19(25)20(10-18(16)24)28-15-8-17(23)21(26-11-15)13-4-5-13/h2-3,6-11,13H,4-5H2,1H3. The van der Waals surface area contributed by atoms with Crippen LogP contribution in [0.4, 0.5) is 8.78 Å². The number of carbonyl (C=O) groups is 1. The molecule has 0 spiro atoms. The second-order valence-corrected chi connectivity index (χ2v) is 7.29. The first kappa shape index (κ1) is 19.3. The molecule has 0 N–H and O–H groups in total. The van der Waals surface area contributed by atoms with Crippen molar-refractivity contribution in [1.82, 2.24) is 4.98 Å². The summed E-state index contributed by atoms with van der Waals surface area (Å²) in [6, 6.07) is 9.67. The summed E-state index contributed by atoms with van der Waals surface area (Å²) in [6.45, 7) is 1.88. The predicted octanol–water partition coefficient (Wildman–Crippen LogP) is 6.21. The summed E-state index contributed by atoms with van der Waals surface area (Å²) in [4.78, 5) is 16.4. The number of nitrogens with zero attached hydrogens (tertiary/aromatic N) is 1. The van der Waals surface area contributed by atoms with Crippen LogP contribution < -0.4 is 9.47 Å². The van der Waals surface area contributed by atoms with Crippen LogP contribution in [0.15, 0.2) is 48.7 Å². The molecule has 0 unspecified atom stereocenters. The van der Waals surface area contributed by atoms with Gasteiger partial charge < -0.3 is 9.47 Å². The van der Waals surface area contributed by atoms with E-state index in [1.165, 1.54) is 12.3 Å². The third-order valence-corrected chi connectivity index (χ3v) is 4.81. The molecule has 2 aromatic carbocycles. The number of aryl methyl sites for hydroxylation is 1. The lowest BCUT2D eigenvalue weighted by molar-refractivity contribution is 0.0729. The number of carbonyl (C=O) groups excluding carboxylic acids is 1. The van der Waals surface area contributed by atoms with Gasteiger partial charge in [-0.1, -0.05) is 29.3 Å². The zero-order valence-electron chi connectivity index (χ0n) is 15.4. The Morgan fingerprint density at radius 2 is 1.79 bits per heavy atom. The number of esters is 1. The number of benzene rings is 2. The maximum atomic E-state index is 14.4. The molecule has 1 aliphatic rings. The van der Waals surface area contributed by atoms with E-state index in [0.717, 1.165) is 36.2 Å². The van der Waals surface area contributed by atoms with Crippen molar-refractivity contribution in [3.8, 4) is 17.2 Å². The summed E-state index contributed by atoms with van der Waals surface area (Å²) in [5.74, 6) is -2.51. The molecule has 0 bridgehead atoms. The van der Waals surface area contributed by atoms with Crippen LogP contribution in [0, 0.1) is 18.6 Å². The van der Waals surface area contributed by atoms with Gasteiger partial charge in [-0.05, 0) is 38.0 Å². The molecule has 0 atom stereocenters. The van der Waals surface area contributed by atoms with E-state index in [9.17, 15) is 13.6 Å². The fourth-order valence-electron chi connectivity index (χ4n) is 2.80. The molecule has 7 heteroatoms. The molecule has 0 aliphatic heterocycles. The van der Waals surface area contributed by atoms with Crippen molar-refractivity contribution in [2.45, 2.75) is 25.7 Å². The lowest BCUT2D eigenvalue weighted by Gasteiger charge is -2.11. The highest BCUT2D eigenvalue weighted by Crippen LogP contribution is 2.43. The van der Waals surface area contributed by atoms with Crippen LogP contribution >= 0.6 is 11.6 Å². The Balaban J connectivity index is 1.52. The van der Waals surface area contributed by atoms with Crippen molar-refractivity contribution in [1.29, 1.82) is 0 Å². The molecular formula is C22H16ClF2NO3. The first-order valence-electron chi connectivity index (χ1n) is 9.02. The minimum atomic E-state index is -1.00. The molecule has 29 heavy (non-hydrogen) atoms. The zero-order valence-corrected chi connectivity index (χ0v) is 16.2. The predicted molar refractivity (Wildman–Crippen MR) is 104 cm³/mol. The van der Waals surface area contributed by atoms with Gasteiger partial charge in [-0.15, -0.1) is 0 Å². The van der Waals surface area contributed by atoms with E-state index in [-0.39, 0.29) is 17.2 Å². The fourth-order valence-corrected chi connectivity index (χ4v) is 3.11. The molecule has 148 valence electrons. The van der Waals surface area contributed by atoms with E-state index >= 15 is 0 Å². The highest BCUT2D eigenvalue weighted by molar-refractivity contribution is 6.31. The van der Waals surface area contributed by atoms with Gasteiger partial charge in [0.05, 0.1) is 22.5 Å². The number of pyridine rings is 1. The van der Waals surface area contributed by atoms with Gasteiger partial charge in [0.2, 0.25) is 0 Å². The number of rotatable bonds is 5. The maximum absolute atomic E-state index is 14.4. The minimum absolute atomic E-state index is 0.174. The van der Waals surface area contributed by atoms with Crippen LogP contribution in [0.3, 0.4) is 0 Å². The summed E-state index contributed by atoms with van der Waals surface area (Å²) in [6.07, 6.45) is 3.48. The third-order valence-electron chi connectivity index (χ3n) is 4.51. The summed E-state index contributed by atoms with van der Waals surface area (Å²) in [5.41, 5.74) is 1.22. The quantitative estimate of drug-likeness (QED) is 0.367. The first-order valence-corrected chi connectivity index (χ1v) is 9.39. The van der Waals surface area contributed by atoms with Gasteiger partial charge in [0.25, 0.3) is 0 Å². The molecule has 1 aromatic heterocycles. The maximum Gasteiger partial charge on any atom is 0.346 e. The molecule has 1 heterocycles. The van der Waals surface area contributed by atoms with Crippen molar-refractivity contribution in [2.75, 3.05) is 0 Å². The molecule has 3 aromatic rings. The zero-order chi connectivity index (χ0) is 20.5. The van der Waals surface area contributed by atoms with Crippen molar-refractivity contribution in [3.05, 3.63) is 82.1 Å². The molecule has 1 aliphatic carbocycles. The number of ether oxygens (including phenoxy) is 2. The van der Waals surface area contributed by atoms with E-state index in [1.807, 2.05) is 6.92 Å². The second kappa shape index (κ2) is 7.79. The van der Waals surface area contributed by atoms with Gasteiger partial charge >= 0.3 is 5.97 Å². The normalized spacial score (nSPS) is 13.2. The van der Waals surface area contributed by atoms with Crippen LogP contribution in [0.5, 0.6) is 17.2 Å². The SMILES string of the molecule is Cc1ccc(OC(=O)c2cc(F)c(Oc3cnc(C4CC4)c(Cl)c3)cc2F)cc1. The Hall–Kier alpha value is -2.99. The minimum Gasteiger partial charge on any atom is -0.452 e. The monoisotopic (exact) mass is 415 g/mol. The van der Waals surface area contributed by atoms with E-state index in [1.54, 1.807) is 24.3 Å². The third kappa shape index (κ3) is 4.38. The smallest absolute Gasteiger partial charge is 0.346 e.